The first kappa shape index (κ1) is 22.8. The smallest absolute Gasteiger partial charge is 0.244 e. The van der Waals surface area contributed by atoms with Crippen LogP contribution in [0.4, 0.5) is 4.39 Å². The molecule has 5 rings (SSSR count). The molecular formula is C26H18BrFN2O2S2. The van der Waals surface area contributed by atoms with E-state index in [4.69, 9.17) is 0 Å². The van der Waals surface area contributed by atoms with E-state index in [0.717, 1.165) is 10.0 Å². The topological polar surface area (TPSA) is 62.9 Å². The van der Waals surface area contributed by atoms with Crippen molar-refractivity contribution in [3.05, 3.63) is 105 Å². The van der Waals surface area contributed by atoms with Gasteiger partial charge in [-0.25, -0.2) is 16.8 Å². The predicted octanol–water partition coefficient (Wildman–Crippen LogP) is 7.15. The first-order valence-electron chi connectivity index (χ1n) is 10.4. The molecule has 34 heavy (non-hydrogen) atoms. The van der Waals surface area contributed by atoms with Crippen molar-refractivity contribution in [2.24, 2.45) is 0 Å². The molecule has 1 aliphatic carbocycles. The van der Waals surface area contributed by atoms with Gasteiger partial charge in [-0.05, 0) is 54.3 Å². The van der Waals surface area contributed by atoms with Crippen molar-refractivity contribution < 1.29 is 12.8 Å². The molecule has 4 aromatic rings. The second-order valence-corrected chi connectivity index (χ2v) is 12.3. The van der Waals surface area contributed by atoms with Crippen molar-refractivity contribution in [1.82, 2.24) is 3.97 Å². The third kappa shape index (κ3) is 3.47. The summed E-state index contributed by atoms with van der Waals surface area (Å²) in [6.45, 7) is 1.55. The highest BCUT2D eigenvalue weighted by atomic mass is 79.9. The zero-order valence-corrected chi connectivity index (χ0v) is 21.2. The van der Waals surface area contributed by atoms with Gasteiger partial charge in [0.25, 0.3) is 0 Å². The first-order valence-corrected chi connectivity index (χ1v) is 13.5. The summed E-state index contributed by atoms with van der Waals surface area (Å²) in [5.41, 5.74) is 2.55. The van der Waals surface area contributed by atoms with Crippen molar-refractivity contribution in [2.45, 2.75) is 17.6 Å². The molecule has 0 bridgehead atoms. The summed E-state index contributed by atoms with van der Waals surface area (Å²) in [5, 5.41) is 12.1. The number of aromatic nitrogens is 1. The number of thiophene rings is 1. The Bertz CT molecular complexity index is 1640. The van der Waals surface area contributed by atoms with E-state index in [2.05, 4.69) is 22.0 Å². The van der Waals surface area contributed by atoms with E-state index in [1.807, 2.05) is 47.8 Å². The van der Waals surface area contributed by atoms with Crippen LogP contribution in [0, 0.1) is 11.3 Å². The molecule has 0 saturated heterocycles. The lowest BCUT2D eigenvalue weighted by Gasteiger charge is -2.35. The van der Waals surface area contributed by atoms with E-state index >= 15 is 0 Å². The third-order valence-corrected chi connectivity index (χ3v) is 9.86. The van der Waals surface area contributed by atoms with E-state index < -0.39 is 26.5 Å². The molecule has 2 unspecified atom stereocenters. The van der Waals surface area contributed by atoms with Crippen molar-refractivity contribution in [3.63, 3.8) is 0 Å². The predicted molar refractivity (Wildman–Crippen MR) is 138 cm³/mol. The number of para-hydroxylation sites is 1. The maximum atomic E-state index is 14.6. The highest BCUT2D eigenvalue weighted by molar-refractivity contribution is 9.10. The largest absolute Gasteiger partial charge is 0.249 e. The van der Waals surface area contributed by atoms with Crippen LogP contribution in [0.1, 0.15) is 23.3 Å². The fraction of sp³-hybridized carbons (Fsp3) is 0.115. The Morgan fingerprint density at radius 2 is 1.94 bits per heavy atom. The summed E-state index contributed by atoms with van der Waals surface area (Å²) in [4.78, 5) is 0.505. The zero-order chi connectivity index (χ0) is 24.1. The van der Waals surface area contributed by atoms with Gasteiger partial charge in [0.05, 0.1) is 5.52 Å². The van der Waals surface area contributed by atoms with Gasteiger partial charge in [-0.3, -0.25) is 0 Å². The van der Waals surface area contributed by atoms with E-state index in [0.29, 0.717) is 26.9 Å². The second kappa shape index (κ2) is 8.35. The number of rotatable bonds is 4. The van der Waals surface area contributed by atoms with Gasteiger partial charge in [-0.15, -0.1) is 11.3 Å². The van der Waals surface area contributed by atoms with Crippen LogP contribution in [-0.4, -0.2) is 17.1 Å². The third-order valence-electron chi connectivity index (χ3n) is 6.25. The van der Waals surface area contributed by atoms with Crippen LogP contribution in [-0.2, 0) is 10.0 Å². The average molecular weight is 553 g/mol. The molecule has 170 valence electrons. The number of hydrogen-bond acceptors (Lipinski definition) is 4. The van der Waals surface area contributed by atoms with Crippen molar-refractivity contribution in [3.8, 4) is 17.2 Å². The van der Waals surface area contributed by atoms with Crippen molar-refractivity contribution in [1.29, 1.82) is 5.26 Å². The minimum absolute atomic E-state index is 0.477. The lowest BCUT2D eigenvalue weighted by Crippen LogP contribution is -2.43. The molecule has 2 heterocycles. The number of hydrogen-bond donors (Lipinski definition) is 0. The van der Waals surface area contributed by atoms with Gasteiger partial charge < -0.3 is 0 Å². The van der Waals surface area contributed by atoms with Gasteiger partial charge in [0.2, 0.25) is 10.0 Å². The Hall–Kier alpha value is -2.99. The van der Waals surface area contributed by atoms with Crippen LogP contribution in [0.5, 0.6) is 0 Å². The monoisotopic (exact) mass is 552 g/mol. The number of nitrogens with zero attached hydrogens (tertiary/aromatic N) is 2. The van der Waals surface area contributed by atoms with E-state index in [-0.39, 0.29) is 0 Å². The summed E-state index contributed by atoms with van der Waals surface area (Å²) in [6.07, 6.45) is 5.66. The van der Waals surface area contributed by atoms with Crippen LogP contribution < -0.4 is 0 Å². The van der Waals surface area contributed by atoms with E-state index in [1.54, 1.807) is 31.3 Å². The van der Waals surface area contributed by atoms with Gasteiger partial charge in [-0.2, -0.15) is 5.26 Å². The number of allylic oxidation sites excluding steroid dienone is 3. The summed E-state index contributed by atoms with van der Waals surface area (Å²) in [7, 11) is -4.17. The molecule has 0 N–H and O–H groups in total. The van der Waals surface area contributed by atoms with Gasteiger partial charge in [0.15, 0.2) is 0 Å². The molecule has 2 atom stereocenters. The molecule has 0 spiro atoms. The maximum Gasteiger partial charge on any atom is 0.249 e. The Morgan fingerprint density at radius 1 is 1.15 bits per heavy atom. The Balaban J connectivity index is 1.76. The number of nitriles is 1. The molecule has 2 aromatic heterocycles. The SMILES string of the molecule is CC1(S(=O)(=O)n2cc(-c3ccsc3C#N)c3ccccc32)C=C(F)C=CC1c1cccc(Br)c1. The Kier molecular flexibility index (Phi) is 5.59. The molecule has 0 aliphatic heterocycles. The summed E-state index contributed by atoms with van der Waals surface area (Å²) < 4.78 is 43.7. The molecular weight excluding hydrogens is 535 g/mol. The fourth-order valence-electron chi connectivity index (χ4n) is 4.55. The lowest BCUT2D eigenvalue weighted by atomic mass is 9.83. The van der Waals surface area contributed by atoms with Crippen molar-refractivity contribution in [2.75, 3.05) is 0 Å². The van der Waals surface area contributed by atoms with Gasteiger partial charge >= 0.3 is 0 Å². The molecule has 2 aromatic carbocycles. The molecule has 0 radical (unpaired) electrons. The summed E-state index contributed by atoms with van der Waals surface area (Å²) in [6, 6.07) is 18.5. The average Bonchev–Trinajstić information content (AvgIpc) is 3.43. The van der Waals surface area contributed by atoms with Crippen LogP contribution >= 0.6 is 27.3 Å². The highest BCUT2D eigenvalue weighted by Crippen LogP contribution is 2.45. The fourth-order valence-corrected chi connectivity index (χ4v) is 7.55. The summed E-state index contributed by atoms with van der Waals surface area (Å²) >= 11 is 4.76. The van der Waals surface area contributed by atoms with E-state index in [9.17, 15) is 18.1 Å². The lowest BCUT2D eigenvalue weighted by molar-refractivity contribution is 0.524. The second-order valence-electron chi connectivity index (χ2n) is 8.24. The molecule has 0 fully saturated rings. The molecule has 8 heteroatoms. The van der Waals surface area contributed by atoms with Crippen LogP contribution in [0.25, 0.3) is 22.0 Å². The quantitative estimate of drug-likeness (QED) is 0.270. The zero-order valence-electron chi connectivity index (χ0n) is 17.9. The van der Waals surface area contributed by atoms with Crippen molar-refractivity contribution >= 4 is 48.2 Å². The van der Waals surface area contributed by atoms with Crippen LogP contribution in [0.3, 0.4) is 0 Å². The van der Waals surface area contributed by atoms with Crippen LogP contribution in [0.15, 0.2) is 94.7 Å². The molecule has 1 aliphatic rings. The Labute approximate surface area is 209 Å². The number of halogens is 2. The van der Waals surface area contributed by atoms with E-state index in [1.165, 1.54) is 27.5 Å². The van der Waals surface area contributed by atoms with Gasteiger partial charge in [-0.1, -0.05) is 52.3 Å². The molecule has 0 saturated carbocycles. The molecule has 4 nitrogen and oxygen atoms in total. The first-order chi connectivity index (χ1) is 16.3. The molecule has 0 amide bonds. The number of fused-ring (bicyclic) bond motifs is 1. The normalized spacial score (nSPS) is 20.3. The maximum absolute atomic E-state index is 14.6. The minimum atomic E-state index is -4.17. The minimum Gasteiger partial charge on any atom is -0.244 e. The standard InChI is InChI=1S/C26H18BrFN2O2S2/c1-26(14-19(28)9-10-23(26)17-5-4-6-18(27)13-17)34(31,32)30-16-22(20-7-2-3-8-24(20)30)21-11-12-33-25(21)15-29/h2-14,16,23H,1H3. The summed E-state index contributed by atoms with van der Waals surface area (Å²) in [5.74, 6) is -1.21. The Morgan fingerprint density at radius 3 is 2.71 bits per heavy atom. The van der Waals surface area contributed by atoms with Crippen LogP contribution in [0.2, 0.25) is 0 Å². The number of benzene rings is 2. The van der Waals surface area contributed by atoms with Gasteiger partial charge in [0.1, 0.15) is 21.5 Å². The highest BCUT2D eigenvalue weighted by Gasteiger charge is 2.47. The van der Waals surface area contributed by atoms with Gasteiger partial charge in [0, 0.05) is 33.1 Å².